The van der Waals surface area contributed by atoms with Crippen molar-refractivity contribution in [2.45, 2.75) is 6.42 Å². The van der Waals surface area contributed by atoms with Crippen LogP contribution in [0.15, 0.2) is 29.0 Å². The number of fused-ring (bicyclic) bond motifs is 1. The minimum Gasteiger partial charge on any atom is -0.314 e. The third-order valence-corrected chi connectivity index (χ3v) is 4.02. The zero-order valence-corrected chi connectivity index (χ0v) is 11.9. The molecule has 5 heteroatoms. The Kier molecular flexibility index (Phi) is 3.63. The average molecular weight is 309 g/mol. The van der Waals surface area contributed by atoms with Gasteiger partial charge in [-0.05, 0) is 28.1 Å². The molecule has 1 N–H and O–H groups in total. The molecular weight excluding hydrogens is 292 g/mol. The van der Waals surface area contributed by atoms with Crippen LogP contribution in [-0.4, -0.2) is 47.0 Å². The minimum atomic E-state index is 0.943. The highest BCUT2D eigenvalue weighted by Crippen LogP contribution is 2.18. The van der Waals surface area contributed by atoms with Gasteiger partial charge in [-0.15, -0.1) is 0 Å². The Balaban J connectivity index is 1.74. The van der Waals surface area contributed by atoms with E-state index in [4.69, 9.17) is 0 Å². The predicted molar refractivity (Wildman–Crippen MR) is 75.9 cm³/mol. The predicted octanol–water partition coefficient (Wildman–Crippen LogP) is 1.54. The summed E-state index contributed by atoms with van der Waals surface area (Å²) in [4.78, 5) is 7.11. The summed E-state index contributed by atoms with van der Waals surface area (Å²) >= 11 is 3.53. The van der Waals surface area contributed by atoms with Gasteiger partial charge in [0, 0.05) is 45.3 Å². The van der Waals surface area contributed by atoms with Gasteiger partial charge < -0.3 is 14.6 Å². The third kappa shape index (κ3) is 2.43. The van der Waals surface area contributed by atoms with E-state index in [2.05, 4.69) is 53.9 Å². The van der Waals surface area contributed by atoms with Crippen molar-refractivity contribution >= 4 is 21.4 Å². The van der Waals surface area contributed by atoms with E-state index in [0.29, 0.717) is 0 Å². The van der Waals surface area contributed by atoms with E-state index >= 15 is 0 Å². The van der Waals surface area contributed by atoms with Crippen molar-refractivity contribution in [3.63, 3.8) is 0 Å². The Morgan fingerprint density at radius 1 is 1.28 bits per heavy atom. The second-order valence-electron chi connectivity index (χ2n) is 4.62. The topological polar surface area (TPSA) is 32.6 Å². The van der Waals surface area contributed by atoms with Crippen LogP contribution in [0.5, 0.6) is 0 Å². The fraction of sp³-hybridized carbons (Fsp3) is 0.462. The van der Waals surface area contributed by atoms with Crippen LogP contribution in [0.4, 0.5) is 0 Å². The molecule has 0 spiro atoms. The Morgan fingerprint density at radius 3 is 2.94 bits per heavy atom. The first-order chi connectivity index (χ1) is 8.84. The number of nitrogens with zero attached hydrogens (tertiary/aromatic N) is 3. The molecule has 0 aromatic carbocycles. The maximum atomic E-state index is 4.61. The number of imidazole rings is 1. The SMILES string of the molecule is Brc1nc(CCN2CCNCC2)n2ccccc12. The Hall–Kier alpha value is -0.910. The lowest BCUT2D eigenvalue weighted by atomic mass is 10.3. The fourth-order valence-corrected chi connectivity index (χ4v) is 2.96. The molecule has 1 aliphatic rings. The van der Waals surface area contributed by atoms with Crippen molar-refractivity contribution in [2.24, 2.45) is 0 Å². The summed E-state index contributed by atoms with van der Waals surface area (Å²) in [5.74, 6) is 1.14. The summed E-state index contributed by atoms with van der Waals surface area (Å²) < 4.78 is 3.12. The number of pyridine rings is 1. The number of nitrogens with one attached hydrogen (secondary N) is 1. The quantitative estimate of drug-likeness (QED) is 0.934. The van der Waals surface area contributed by atoms with Gasteiger partial charge in [-0.1, -0.05) is 6.07 Å². The lowest BCUT2D eigenvalue weighted by molar-refractivity contribution is 0.242. The van der Waals surface area contributed by atoms with Gasteiger partial charge in [0.15, 0.2) is 0 Å². The summed E-state index contributed by atoms with van der Waals surface area (Å²) in [7, 11) is 0. The first-order valence-corrected chi connectivity index (χ1v) is 7.18. The molecule has 0 amide bonds. The Labute approximate surface area is 115 Å². The van der Waals surface area contributed by atoms with Crippen molar-refractivity contribution < 1.29 is 0 Å². The second-order valence-corrected chi connectivity index (χ2v) is 5.37. The molecule has 0 radical (unpaired) electrons. The monoisotopic (exact) mass is 308 g/mol. The van der Waals surface area contributed by atoms with Crippen molar-refractivity contribution in [3.05, 3.63) is 34.8 Å². The number of hydrogen-bond donors (Lipinski definition) is 1. The van der Waals surface area contributed by atoms with Gasteiger partial charge in [-0.2, -0.15) is 0 Å². The van der Waals surface area contributed by atoms with E-state index in [1.54, 1.807) is 0 Å². The van der Waals surface area contributed by atoms with Crippen molar-refractivity contribution in [1.29, 1.82) is 0 Å². The zero-order chi connectivity index (χ0) is 12.4. The number of aromatic nitrogens is 2. The first-order valence-electron chi connectivity index (χ1n) is 6.39. The smallest absolute Gasteiger partial charge is 0.132 e. The van der Waals surface area contributed by atoms with Crippen molar-refractivity contribution in [2.75, 3.05) is 32.7 Å². The molecule has 1 aliphatic heterocycles. The molecule has 3 heterocycles. The lowest BCUT2D eigenvalue weighted by Crippen LogP contribution is -2.44. The fourth-order valence-electron chi connectivity index (χ4n) is 2.43. The molecular formula is C13H17BrN4. The van der Waals surface area contributed by atoms with Crippen LogP contribution in [-0.2, 0) is 6.42 Å². The third-order valence-electron chi connectivity index (χ3n) is 3.44. The Bertz CT molecular complexity index is 531. The van der Waals surface area contributed by atoms with Crippen LogP contribution >= 0.6 is 15.9 Å². The number of hydrogen-bond acceptors (Lipinski definition) is 3. The van der Waals surface area contributed by atoms with E-state index in [9.17, 15) is 0 Å². The highest BCUT2D eigenvalue weighted by atomic mass is 79.9. The largest absolute Gasteiger partial charge is 0.314 e. The minimum absolute atomic E-state index is 0.943. The molecule has 1 fully saturated rings. The molecule has 4 nitrogen and oxygen atoms in total. The van der Waals surface area contributed by atoms with Crippen LogP contribution in [0, 0.1) is 0 Å². The van der Waals surface area contributed by atoms with Crippen molar-refractivity contribution in [1.82, 2.24) is 19.6 Å². The van der Waals surface area contributed by atoms with E-state index in [-0.39, 0.29) is 0 Å². The van der Waals surface area contributed by atoms with Gasteiger partial charge in [0.1, 0.15) is 10.4 Å². The average Bonchev–Trinajstić information content (AvgIpc) is 2.75. The van der Waals surface area contributed by atoms with E-state index in [1.807, 2.05) is 6.07 Å². The summed E-state index contributed by atoms with van der Waals surface area (Å²) in [5.41, 5.74) is 1.15. The van der Waals surface area contributed by atoms with Gasteiger partial charge in [-0.3, -0.25) is 0 Å². The number of rotatable bonds is 3. The van der Waals surface area contributed by atoms with Crippen molar-refractivity contribution in [3.8, 4) is 0 Å². The summed E-state index contributed by atoms with van der Waals surface area (Å²) in [6.45, 7) is 5.58. The molecule has 3 rings (SSSR count). The molecule has 0 saturated carbocycles. The van der Waals surface area contributed by atoms with Gasteiger partial charge in [-0.25, -0.2) is 4.98 Å². The van der Waals surface area contributed by atoms with Crippen LogP contribution in [0.3, 0.4) is 0 Å². The first kappa shape index (κ1) is 12.1. The van der Waals surface area contributed by atoms with Crippen LogP contribution in [0.1, 0.15) is 5.82 Å². The van der Waals surface area contributed by atoms with Gasteiger partial charge >= 0.3 is 0 Å². The molecule has 18 heavy (non-hydrogen) atoms. The lowest BCUT2D eigenvalue weighted by Gasteiger charge is -2.26. The molecule has 96 valence electrons. The molecule has 0 unspecified atom stereocenters. The molecule has 0 aliphatic carbocycles. The van der Waals surface area contributed by atoms with Crippen LogP contribution in [0.2, 0.25) is 0 Å². The summed E-state index contributed by atoms with van der Waals surface area (Å²) in [6, 6.07) is 6.18. The highest BCUT2D eigenvalue weighted by molar-refractivity contribution is 9.10. The molecule has 2 aromatic rings. The van der Waals surface area contributed by atoms with Gasteiger partial charge in [0.2, 0.25) is 0 Å². The standard InChI is InChI=1S/C13H17BrN4/c14-13-11-3-1-2-7-18(11)12(16-13)4-8-17-9-5-15-6-10-17/h1-3,7,15H,4-6,8-10H2. The Morgan fingerprint density at radius 2 is 2.11 bits per heavy atom. The zero-order valence-electron chi connectivity index (χ0n) is 10.3. The summed E-state index contributed by atoms with van der Waals surface area (Å²) in [5, 5.41) is 3.38. The van der Waals surface area contributed by atoms with Crippen LogP contribution < -0.4 is 5.32 Å². The maximum absolute atomic E-state index is 4.61. The van der Waals surface area contributed by atoms with Crippen LogP contribution in [0.25, 0.3) is 5.52 Å². The number of piperazine rings is 1. The summed E-state index contributed by atoms with van der Waals surface area (Å²) in [6.07, 6.45) is 3.08. The maximum Gasteiger partial charge on any atom is 0.132 e. The molecule has 0 atom stereocenters. The highest BCUT2D eigenvalue weighted by Gasteiger charge is 2.12. The molecule has 0 bridgehead atoms. The van der Waals surface area contributed by atoms with E-state index in [0.717, 1.165) is 55.1 Å². The second kappa shape index (κ2) is 5.38. The van der Waals surface area contributed by atoms with Gasteiger partial charge in [0.25, 0.3) is 0 Å². The number of halogens is 1. The van der Waals surface area contributed by atoms with E-state index < -0.39 is 0 Å². The molecule has 2 aromatic heterocycles. The van der Waals surface area contributed by atoms with E-state index in [1.165, 1.54) is 0 Å². The molecule has 1 saturated heterocycles. The normalized spacial score (nSPS) is 17.4. The van der Waals surface area contributed by atoms with Gasteiger partial charge in [0.05, 0.1) is 5.52 Å².